The summed E-state index contributed by atoms with van der Waals surface area (Å²) in [5.41, 5.74) is 1.54. The van der Waals surface area contributed by atoms with Gasteiger partial charge in [-0.25, -0.2) is 8.78 Å². The van der Waals surface area contributed by atoms with Crippen LogP contribution in [-0.2, 0) is 6.54 Å². The molecule has 0 saturated heterocycles. The lowest BCUT2D eigenvalue weighted by Gasteiger charge is -2.09. The highest BCUT2D eigenvalue weighted by molar-refractivity contribution is 7.98. The second-order valence-corrected chi connectivity index (χ2v) is 6.54. The van der Waals surface area contributed by atoms with Gasteiger partial charge in [-0.2, -0.15) is 14.9 Å². The number of hydrogen-bond acceptors (Lipinski definition) is 6. The Morgan fingerprint density at radius 2 is 2.19 bits per heavy atom. The number of rotatable bonds is 7. The molecule has 0 spiro atoms. The van der Waals surface area contributed by atoms with Crippen molar-refractivity contribution in [1.82, 2.24) is 24.7 Å². The number of alkyl halides is 2. The van der Waals surface area contributed by atoms with E-state index < -0.39 is 12.2 Å². The van der Waals surface area contributed by atoms with Crippen molar-refractivity contribution >= 4 is 29.6 Å². The first-order chi connectivity index (χ1) is 13.0. The Labute approximate surface area is 163 Å². The van der Waals surface area contributed by atoms with Gasteiger partial charge in [0.2, 0.25) is 11.0 Å². The van der Waals surface area contributed by atoms with Gasteiger partial charge in [-0.3, -0.25) is 4.68 Å². The topological polar surface area (TPSA) is 70.1 Å². The van der Waals surface area contributed by atoms with Crippen LogP contribution in [0.3, 0.4) is 0 Å². The Morgan fingerprint density at radius 3 is 2.81 bits per heavy atom. The summed E-state index contributed by atoms with van der Waals surface area (Å²) < 4.78 is 34.2. The lowest BCUT2D eigenvalue weighted by atomic mass is 10.1. The molecule has 0 N–H and O–H groups in total. The predicted octanol–water partition coefficient (Wildman–Crippen LogP) is 3.73. The maximum atomic E-state index is 13.1. The number of ether oxygens (including phenoxy) is 1. The molecule has 0 unspecified atom stereocenters. The van der Waals surface area contributed by atoms with Crippen LogP contribution in [0, 0.1) is 0 Å². The molecule has 0 aliphatic carbocycles. The molecule has 7 nitrogen and oxygen atoms in total. The summed E-state index contributed by atoms with van der Waals surface area (Å²) in [5, 5.41) is 16.3. The minimum atomic E-state index is -2.77. The fourth-order valence-corrected chi connectivity index (χ4v) is 2.97. The van der Waals surface area contributed by atoms with Gasteiger partial charge in [0.15, 0.2) is 0 Å². The van der Waals surface area contributed by atoms with Crippen LogP contribution in [0.25, 0.3) is 0 Å². The van der Waals surface area contributed by atoms with Crippen LogP contribution in [-0.4, -0.2) is 44.2 Å². The molecule has 0 aliphatic heterocycles. The van der Waals surface area contributed by atoms with Gasteiger partial charge >= 0.3 is 0 Å². The van der Waals surface area contributed by atoms with Crippen molar-refractivity contribution in [3.63, 3.8) is 0 Å². The summed E-state index contributed by atoms with van der Waals surface area (Å²) in [7, 11) is 1.57. The maximum Gasteiger partial charge on any atom is 0.299 e. The number of benzene rings is 1. The zero-order valence-electron chi connectivity index (χ0n) is 14.4. The third-order valence-electron chi connectivity index (χ3n) is 3.57. The lowest BCUT2D eigenvalue weighted by Crippen LogP contribution is -2.04. The maximum absolute atomic E-state index is 13.1. The molecule has 0 fully saturated rings. The standard InChI is InChI=1S/C16H15ClF2N6OS/c1-26-13-4-3-10(5-11(13)8-24-9-12(17)7-20-24)6-21-25-15(14(18)19)22-23-16(25)27-2/h3-7,9,14H,8H2,1-2H3. The van der Waals surface area contributed by atoms with Crippen molar-refractivity contribution in [2.75, 3.05) is 13.4 Å². The molecular weight excluding hydrogens is 398 g/mol. The fraction of sp³-hybridized carbons (Fsp3) is 0.250. The second kappa shape index (κ2) is 8.49. The largest absolute Gasteiger partial charge is 0.496 e. The summed E-state index contributed by atoms with van der Waals surface area (Å²) >= 11 is 7.07. The van der Waals surface area contributed by atoms with E-state index in [4.69, 9.17) is 16.3 Å². The molecule has 142 valence electrons. The van der Waals surface area contributed by atoms with Crippen molar-refractivity contribution in [2.45, 2.75) is 18.1 Å². The summed E-state index contributed by atoms with van der Waals surface area (Å²) in [6.07, 6.45) is 3.64. The van der Waals surface area contributed by atoms with E-state index in [0.29, 0.717) is 22.9 Å². The third-order valence-corrected chi connectivity index (χ3v) is 4.39. The van der Waals surface area contributed by atoms with Gasteiger partial charge in [0.1, 0.15) is 5.75 Å². The fourth-order valence-electron chi connectivity index (χ4n) is 2.37. The van der Waals surface area contributed by atoms with Gasteiger partial charge in [-0.1, -0.05) is 23.4 Å². The normalized spacial score (nSPS) is 11.6. The van der Waals surface area contributed by atoms with E-state index in [9.17, 15) is 8.78 Å². The predicted molar refractivity (Wildman–Crippen MR) is 99.1 cm³/mol. The van der Waals surface area contributed by atoms with Crippen LogP contribution in [0.2, 0.25) is 5.02 Å². The highest BCUT2D eigenvalue weighted by Gasteiger charge is 2.19. The Hall–Kier alpha value is -2.46. The molecule has 3 rings (SSSR count). The molecule has 11 heteroatoms. The first kappa shape index (κ1) is 19.3. The van der Waals surface area contributed by atoms with Crippen molar-refractivity contribution in [3.05, 3.63) is 52.6 Å². The van der Waals surface area contributed by atoms with E-state index in [1.54, 1.807) is 42.6 Å². The Morgan fingerprint density at radius 1 is 1.37 bits per heavy atom. The number of aromatic nitrogens is 5. The molecule has 0 amide bonds. The van der Waals surface area contributed by atoms with E-state index in [0.717, 1.165) is 10.2 Å². The molecule has 0 bridgehead atoms. The summed E-state index contributed by atoms with van der Waals surface area (Å²) in [6, 6.07) is 5.38. The van der Waals surface area contributed by atoms with E-state index in [1.807, 2.05) is 6.07 Å². The minimum Gasteiger partial charge on any atom is -0.496 e. The van der Waals surface area contributed by atoms with Crippen LogP contribution < -0.4 is 4.74 Å². The van der Waals surface area contributed by atoms with Crippen LogP contribution >= 0.6 is 23.4 Å². The Balaban J connectivity index is 1.90. The van der Waals surface area contributed by atoms with Crippen molar-refractivity contribution in [3.8, 4) is 5.75 Å². The minimum absolute atomic E-state index is 0.279. The summed E-state index contributed by atoms with van der Waals surface area (Å²) in [6.45, 7) is 0.433. The number of hydrogen-bond donors (Lipinski definition) is 0. The average molecular weight is 413 g/mol. The Kier molecular flexibility index (Phi) is 6.07. The van der Waals surface area contributed by atoms with Crippen molar-refractivity contribution < 1.29 is 13.5 Å². The average Bonchev–Trinajstić information content (AvgIpc) is 3.25. The highest BCUT2D eigenvalue weighted by atomic mass is 35.5. The molecule has 2 aromatic heterocycles. The van der Waals surface area contributed by atoms with Gasteiger partial charge in [-0.15, -0.1) is 10.2 Å². The highest BCUT2D eigenvalue weighted by Crippen LogP contribution is 2.23. The number of halogens is 3. The first-order valence-corrected chi connectivity index (χ1v) is 9.28. The molecule has 0 atom stereocenters. The van der Waals surface area contributed by atoms with E-state index in [1.165, 1.54) is 18.0 Å². The number of methoxy groups -OCH3 is 1. The molecular formula is C16H15ClF2N6OS. The van der Waals surface area contributed by atoms with E-state index in [-0.39, 0.29) is 5.16 Å². The molecule has 0 aliphatic rings. The van der Waals surface area contributed by atoms with Gasteiger partial charge in [0.05, 0.1) is 31.1 Å². The van der Waals surface area contributed by atoms with E-state index >= 15 is 0 Å². The molecule has 1 aromatic carbocycles. The molecule has 0 saturated carbocycles. The SMILES string of the molecule is COc1ccc(C=Nn2c(SC)nnc2C(F)F)cc1Cn1cc(Cl)cn1. The summed E-state index contributed by atoms with van der Waals surface area (Å²) in [5.74, 6) is 0.164. The second-order valence-electron chi connectivity index (χ2n) is 5.33. The monoisotopic (exact) mass is 412 g/mol. The summed E-state index contributed by atoms with van der Waals surface area (Å²) in [4.78, 5) is 0. The molecule has 2 heterocycles. The smallest absolute Gasteiger partial charge is 0.299 e. The quantitative estimate of drug-likeness (QED) is 0.437. The third kappa shape index (κ3) is 4.45. The molecule has 3 aromatic rings. The van der Waals surface area contributed by atoms with E-state index in [2.05, 4.69) is 20.4 Å². The number of nitrogens with zero attached hydrogens (tertiary/aromatic N) is 6. The lowest BCUT2D eigenvalue weighted by molar-refractivity contribution is 0.135. The van der Waals surface area contributed by atoms with Gasteiger partial charge < -0.3 is 4.74 Å². The zero-order chi connectivity index (χ0) is 19.4. The Bertz CT molecular complexity index is 958. The molecule has 27 heavy (non-hydrogen) atoms. The zero-order valence-corrected chi connectivity index (χ0v) is 16.0. The van der Waals surface area contributed by atoms with Crippen LogP contribution in [0.5, 0.6) is 5.75 Å². The van der Waals surface area contributed by atoms with Crippen molar-refractivity contribution in [2.24, 2.45) is 5.10 Å². The van der Waals surface area contributed by atoms with Crippen LogP contribution in [0.4, 0.5) is 8.78 Å². The van der Waals surface area contributed by atoms with Crippen LogP contribution in [0.15, 0.2) is 40.9 Å². The van der Waals surface area contributed by atoms with Gasteiger partial charge in [-0.05, 0) is 30.0 Å². The van der Waals surface area contributed by atoms with Crippen LogP contribution in [0.1, 0.15) is 23.4 Å². The first-order valence-electron chi connectivity index (χ1n) is 7.68. The van der Waals surface area contributed by atoms with Gasteiger partial charge in [0, 0.05) is 11.8 Å². The number of thioether (sulfide) groups is 1. The van der Waals surface area contributed by atoms with Gasteiger partial charge in [0.25, 0.3) is 6.43 Å². The van der Waals surface area contributed by atoms with Crippen molar-refractivity contribution in [1.29, 1.82) is 0 Å². The molecule has 0 radical (unpaired) electrons.